The van der Waals surface area contributed by atoms with Crippen LogP contribution in [0.4, 0.5) is 0 Å². The van der Waals surface area contributed by atoms with Crippen molar-refractivity contribution in [3.05, 3.63) is 71.0 Å². The SMILES string of the molecule is CCCCCCCCOC1=Cc2cc(OCCCCCCCC)ccc2C1c1ccccc1. The van der Waals surface area contributed by atoms with Crippen LogP contribution in [-0.2, 0) is 4.74 Å². The maximum atomic E-state index is 6.36. The highest BCUT2D eigenvalue weighted by molar-refractivity contribution is 5.69. The van der Waals surface area contributed by atoms with Gasteiger partial charge in [0.2, 0.25) is 0 Å². The van der Waals surface area contributed by atoms with Crippen LogP contribution in [-0.4, -0.2) is 13.2 Å². The van der Waals surface area contributed by atoms with E-state index in [9.17, 15) is 0 Å². The van der Waals surface area contributed by atoms with E-state index in [1.807, 2.05) is 0 Å². The molecule has 0 bridgehead atoms. The maximum absolute atomic E-state index is 6.36. The Morgan fingerprint density at radius 2 is 1.24 bits per heavy atom. The van der Waals surface area contributed by atoms with E-state index in [2.05, 4.69) is 68.5 Å². The van der Waals surface area contributed by atoms with Crippen molar-refractivity contribution in [3.8, 4) is 5.75 Å². The largest absolute Gasteiger partial charge is 0.497 e. The van der Waals surface area contributed by atoms with Crippen LogP contribution in [0.15, 0.2) is 54.3 Å². The van der Waals surface area contributed by atoms with E-state index >= 15 is 0 Å². The highest BCUT2D eigenvalue weighted by Crippen LogP contribution is 2.42. The van der Waals surface area contributed by atoms with Crippen LogP contribution in [0.5, 0.6) is 5.75 Å². The van der Waals surface area contributed by atoms with Gasteiger partial charge in [0, 0.05) is 0 Å². The number of ether oxygens (including phenoxy) is 2. The van der Waals surface area contributed by atoms with Gasteiger partial charge in [-0.05, 0) is 47.7 Å². The fraction of sp³-hybridized carbons (Fsp3) is 0.548. The Bertz CT molecular complexity index is 824. The van der Waals surface area contributed by atoms with Crippen molar-refractivity contribution in [2.45, 2.75) is 96.8 Å². The Hall–Kier alpha value is -2.22. The molecule has 3 rings (SSSR count). The minimum Gasteiger partial charge on any atom is -0.497 e. The summed E-state index contributed by atoms with van der Waals surface area (Å²) in [6.07, 6.45) is 17.7. The monoisotopic (exact) mass is 448 g/mol. The highest BCUT2D eigenvalue weighted by Gasteiger charge is 2.28. The predicted octanol–water partition coefficient (Wildman–Crippen LogP) is 9.29. The van der Waals surface area contributed by atoms with E-state index in [4.69, 9.17) is 9.47 Å². The highest BCUT2D eigenvalue weighted by atomic mass is 16.5. The summed E-state index contributed by atoms with van der Waals surface area (Å²) in [6, 6.07) is 17.3. The van der Waals surface area contributed by atoms with Gasteiger partial charge in [0.25, 0.3) is 0 Å². The number of benzene rings is 2. The van der Waals surface area contributed by atoms with E-state index < -0.39 is 0 Å². The normalized spacial score (nSPS) is 14.7. The first kappa shape index (κ1) is 25.4. The molecule has 33 heavy (non-hydrogen) atoms. The van der Waals surface area contributed by atoms with Crippen LogP contribution in [0.2, 0.25) is 0 Å². The van der Waals surface area contributed by atoms with E-state index in [0.29, 0.717) is 0 Å². The molecule has 0 aliphatic heterocycles. The van der Waals surface area contributed by atoms with Crippen LogP contribution in [0.3, 0.4) is 0 Å². The number of fused-ring (bicyclic) bond motifs is 1. The minimum atomic E-state index is 0.189. The van der Waals surface area contributed by atoms with Gasteiger partial charge in [-0.3, -0.25) is 0 Å². The first-order valence-electron chi connectivity index (χ1n) is 13.5. The van der Waals surface area contributed by atoms with Crippen molar-refractivity contribution >= 4 is 6.08 Å². The van der Waals surface area contributed by atoms with Crippen LogP contribution in [0.25, 0.3) is 6.08 Å². The molecule has 1 aliphatic rings. The minimum absolute atomic E-state index is 0.189. The molecule has 0 saturated heterocycles. The molecule has 1 aliphatic carbocycles. The topological polar surface area (TPSA) is 18.5 Å². The van der Waals surface area contributed by atoms with Gasteiger partial charge in [0.1, 0.15) is 11.5 Å². The first-order chi connectivity index (χ1) is 16.3. The second-order valence-corrected chi connectivity index (χ2v) is 9.41. The molecular formula is C31H44O2. The summed E-state index contributed by atoms with van der Waals surface area (Å²) in [7, 11) is 0. The summed E-state index contributed by atoms with van der Waals surface area (Å²) >= 11 is 0. The maximum Gasteiger partial charge on any atom is 0.119 e. The van der Waals surface area contributed by atoms with Crippen molar-refractivity contribution in [2.75, 3.05) is 13.2 Å². The smallest absolute Gasteiger partial charge is 0.119 e. The fourth-order valence-electron chi connectivity index (χ4n) is 4.68. The van der Waals surface area contributed by atoms with E-state index in [0.717, 1.165) is 37.6 Å². The standard InChI is InChI=1S/C31H44O2/c1-3-5-7-9-11-16-22-32-28-20-21-29-27(24-28)25-30(31(29)26-18-14-13-15-19-26)33-23-17-12-10-8-6-4-2/h13-15,18-21,24-25,31H,3-12,16-17,22-23H2,1-2H3. The number of hydrogen-bond donors (Lipinski definition) is 0. The first-order valence-corrected chi connectivity index (χ1v) is 13.5. The third-order valence-electron chi connectivity index (χ3n) is 6.62. The lowest BCUT2D eigenvalue weighted by molar-refractivity contribution is 0.197. The lowest BCUT2D eigenvalue weighted by atomic mass is 9.92. The predicted molar refractivity (Wildman–Crippen MR) is 141 cm³/mol. The van der Waals surface area contributed by atoms with Gasteiger partial charge in [-0.15, -0.1) is 0 Å². The van der Waals surface area contributed by atoms with Gasteiger partial charge in [-0.1, -0.05) is 114 Å². The summed E-state index contributed by atoms with van der Waals surface area (Å²) in [5, 5.41) is 0. The molecule has 1 unspecified atom stereocenters. The van der Waals surface area contributed by atoms with Gasteiger partial charge < -0.3 is 9.47 Å². The summed E-state index contributed by atoms with van der Waals surface area (Å²) in [4.78, 5) is 0. The van der Waals surface area contributed by atoms with Gasteiger partial charge in [-0.2, -0.15) is 0 Å². The third-order valence-corrected chi connectivity index (χ3v) is 6.62. The van der Waals surface area contributed by atoms with Crippen LogP contribution in [0, 0.1) is 0 Å². The fourth-order valence-corrected chi connectivity index (χ4v) is 4.68. The summed E-state index contributed by atoms with van der Waals surface area (Å²) in [5.41, 5.74) is 3.86. The Kier molecular flexibility index (Phi) is 11.4. The number of allylic oxidation sites excluding steroid dienone is 1. The second kappa shape index (κ2) is 14.8. The Balaban J connectivity index is 1.57. The summed E-state index contributed by atoms with van der Waals surface area (Å²) in [6.45, 7) is 6.13. The van der Waals surface area contributed by atoms with Crippen LogP contribution in [0.1, 0.15) is 114 Å². The zero-order valence-electron chi connectivity index (χ0n) is 21.0. The van der Waals surface area contributed by atoms with Gasteiger partial charge in [0.05, 0.1) is 19.1 Å². The molecule has 1 atom stereocenters. The lowest BCUT2D eigenvalue weighted by Crippen LogP contribution is -2.05. The molecule has 0 radical (unpaired) electrons. The Labute approximate surface area is 202 Å². The zero-order valence-corrected chi connectivity index (χ0v) is 21.0. The van der Waals surface area contributed by atoms with Crippen LogP contribution >= 0.6 is 0 Å². The molecule has 0 fully saturated rings. The molecule has 0 amide bonds. The molecule has 0 spiro atoms. The van der Waals surface area contributed by atoms with Crippen molar-refractivity contribution < 1.29 is 9.47 Å². The average molecular weight is 449 g/mol. The molecule has 180 valence electrons. The van der Waals surface area contributed by atoms with Crippen molar-refractivity contribution in [1.82, 2.24) is 0 Å². The molecule has 0 aromatic heterocycles. The van der Waals surface area contributed by atoms with Crippen molar-refractivity contribution in [1.29, 1.82) is 0 Å². The van der Waals surface area contributed by atoms with Gasteiger partial charge in [-0.25, -0.2) is 0 Å². The average Bonchev–Trinajstić information content (AvgIpc) is 3.21. The zero-order chi connectivity index (χ0) is 23.1. The Morgan fingerprint density at radius 3 is 1.91 bits per heavy atom. The van der Waals surface area contributed by atoms with E-state index in [1.165, 1.54) is 80.9 Å². The molecule has 2 aromatic rings. The molecule has 0 heterocycles. The molecular weight excluding hydrogens is 404 g/mol. The number of rotatable bonds is 17. The van der Waals surface area contributed by atoms with Crippen molar-refractivity contribution in [2.24, 2.45) is 0 Å². The molecule has 0 N–H and O–H groups in total. The lowest BCUT2D eigenvalue weighted by Gasteiger charge is -2.18. The van der Waals surface area contributed by atoms with Crippen molar-refractivity contribution in [3.63, 3.8) is 0 Å². The number of hydrogen-bond acceptors (Lipinski definition) is 2. The van der Waals surface area contributed by atoms with Gasteiger partial charge >= 0.3 is 0 Å². The number of unbranched alkanes of at least 4 members (excludes halogenated alkanes) is 10. The molecule has 2 nitrogen and oxygen atoms in total. The summed E-state index contributed by atoms with van der Waals surface area (Å²) in [5.74, 6) is 2.24. The molecule has 2 heteroatoms. The molecule has 2 aromatic carbocycles. The van der Waals surface area contributed by atoms with Gasteiger partial charge in [0.15, 0.2) is 0 Å². The quantitative estimate of drug-likeness (QED) is 0.224. The second-order valence-electron chi connectivity index (χ2n) is 9.41. The molecule has 0 saturated carbocycles. The van der Waals surface area contributed by atoms with E-state index in [1.54, 1.807) is 0 Å². The third kappa shape index (κ3) is 8.25. The van der Waals surface area contributed by atoms with E-state index in [-0.39, 0.29) is 5.92 Å². The van der Waals surface area contributed by atoms with Crippen LogP contribution < -0.4 is 4.74 Å². The summed E-state index contributed by atoms with van der Waals surface area (Å²) < 4.78 is 12.5. The Morgan fingerprint density at radius 1 is 0.636 bits per heavy atom.